The molecule has 0 aliphatic carbocycles. The lowest BCUT2D eigenvalue weighted by Gasteiger charge is -2.16. The standard InChI is InChI=1S/C19H21NO6/c1-11(2)26-15-7-6-13(19(22)23)9-14(15)20-18(21)12-5-8-16(24-3)17(10-12)25-4/h5-11H,1-4H3,(H,20,21)(H,22,23). The van der Waals surface area contributed by atoms with Crippen LogP contribution in [0.15, 0.2) is 36.4 Å². The minimum absolute atomic E-state index is 0.0451. The Morgan fingerprint density at radius 1 is 0.923 bits per heavy atom. The van der Waals surface area contributed by atoms with Gasteiger partial charge in [-0.2, -0.15) is 0 Å². The number of aromatic carboxylic acids is 1. The summed E-state index contributed by atoms with van der Waals surface area (Å²) in [4.78, 5) is 23.8. The zero-order chi connectivity index (χ0) is 19.3. The molecule has 7 nitrogen and oxygen atoms in total. The van der Waals surface area contributed by atoms with Crippen molar-refractivity contribution in [3.63, 3.8) is 0 Å². The van der Waals surface area contributed by atoms with Crippen LogP contribution in [0.2, 0.25) is 0 Å². The summed E-state index contributed by atoms with van der Waals surface area (Å²) in [5.74, 6) is -0.220. The number of carboxylic acids is 1. The highest BCUT2D eigenvalue weighted by Gasteiger charge is 2.16. The second-order valence-corrected chi connectivity index (χ2v) is 5.71. The van der Waals surface area contributed by atoms with Crippen molar-refractivity contribution >= 4 is 17.6 Å². The summed E-state index contributed by atoms with van der Waals surface area (Å²) in [6, 6.07) is 9.05. The Morgan fingerprint density at radius 3 is 2.12 bits per heavy atom. The molecule has 26 heavy (non-hydrogen) atoms. The van der Waals surface area contributed by atoms with Crippen LogP contribution in [0.1, 0.15) is 34.6 Å². The normalized spacial score (nSPS) is 10.3. The topological polar surface area (TPSA) is 94.1 Å². The number of carbonyl (C=O) groups is 2. The van der Waals surface area contributed by atoms with E-state index < -0.39 is 11.9 Å². The highest BCUT2D eigenvalue weighted by atomic mass is 16.5. The first-order chi connectivity index (χ1) is 12.3. The van der Waals surface area contributed by atoms with E-state index in [1.165, 1.54) is 38.5 Å². The zero-order valence-electron chi connectivity index (χ0n) is 15.0. The van der Waals surface area contributed by atoms with Gasteiger partial charge in [-0.3, -0.25) is 4.79 Å². The number of benzene rings is 2. The number of ether oxygens (including phenoxy) is 3. The molecule has 138 valence electrons. The van der Waals surface area contributed by atoms with E-state index in [1.54, 1.807) is 12.1 Å². The van der Waals surface area contributed by atoms with Crippen LogP contribution < -0.4 is 19.5 Å². The molecule has 2 N–H and O–H groups in total. The van der Waals surface area contributed by atoms with Crippen molar-refractivity contribution in [1.82, 2.24) is 0 Å². The largest absolute Gasteiger partial charge is 0.493 e. The van der Waals surface area contributed by atoms with Crippen molar-refractivity contribution in [3.8, 4) is 17.2 Å². The molecule has 2 aromatic carbocycles. The van der Waals surface area contributed by atoms with Gasteiger partial charge in [-0.15, -0.1) is 0 Å². The van der Waals surface area contributed by atoms with Gasteiger partial charge in [0.05, 0.1) is 31.6 Å². The molecule has 0 aliphatic heterocycles. The minimum Gasteiger partial charge on any atom is -0.493 e. The molecule has 0 unspecified atom stereocenters. The molecule has 0 atom stereocenters. The summed E-state index contributed by atoms with van der Waals surface area (Å²) in [7, 11) is 2.98. The molecule has 2 aromatic rings. The lowest BCUT2D eigenvalue weighted by atomic mass is 10.1. The minimum atomic E-state index is -1.09. The summed E-state index contributed by atoms with van der Waals surface area (Å²) in [5.41, 5.74) is 0.654. The fraction of sp³-hybridized carbons (Fsp3) is 0.263. The maximum absolute atomic E-state index is 12.6. The molecule has 0 bridgehead atoms. The van der Waals surface area contributed by atoms with Crippen LogP contribution >= 0.6 is 0 Å². The first-order valence-corrected chi connectivity index (χ1v) is 7.93. The summed E-state index contributed by atoms with van der Waals surface area (Å²) in [5, 5.41) is 11.9. The maximum atomic E-state index is 12.6. The van der Waals surface area contributed by atoms with Crippen LogP contribution in [-0.2, 0) is 0 Å². The Hall–Kier alpha value is -3.22. The average Bonchev–Trinajstić information content (AvgIpc) is 2.61. The van der Waals surface area contributed by atoms with E-state index in [-0.39, 0.29) is 17.4 Å². The van der Waals surface area contributed by atoms with Crippen molar-refractivity contribution in [3.05, 3.63) is 47.5 Å². The SMILES string of the molecule is COc1ccc(C(=O)Nc2cc(C(=O)O)ccc2OC(C)C)cc1OC. The average molecular weight is 359 g/mol. The summed E-state index contributed by atoms with van der Waals surface area (Å²) < 4.78 is 16.0. The first-order valence-electron chi connectivity index (χ1n) is 7.93. The number of rotatable bonds is 7. The Morgan fingerprint density at radius 2 is 1.54 bits per heavy atom. The number of nitrogens with one attached hydrogen (secondary N) is 1. The van der Waals surface area contributed by atoms with E-state index in [0.717, 1.165) is 0 Å². The second kappa shape index (κ2) is 8.24. The summed E-state index contributed by atoms with van der Waals surface area (Å²) in [6.45, 7) is 3.68. The summed E-state index contributed by atoms with van der Waals surface area (Å²) >= 11 is 0. The van der Waals surface area contributed by atoms with Crippen molar-refractivity contribution in [2.45, 2.75) is 20.0 Å². The van der Waals surface area contributed by atoms with Crippen molar-refractivity contribution in [1.29, 1.82) is 0 Å². The third kappa shape index (κ3) is 4.44. The van der Waals surface area contributed by atoms with Crippen LogP contribution in [0, 0.1) is 0 Å². The van der Waals surface area contributed by atoms with E-state index in [1.807, 2.05) is 13.8 Å². The highest BCUT2D eigenvalue weighted by molar-refractivity contribution is 6.06. The maximum Gasteiger partial charge on any atom is 0.335 e. The predicted molar refractivity (Wildman–Crippen MR) is 96.7 cm³/mol. The zero-order valence-corrected chi connectivity index (χ0v) is 15.0. The molecular formula is C19H21NO6. The van der Waals surface area contributed by atoms with E-state index in [2.05, 4.69) is 5.32 Å². The smallest absolute Gasteiger partial charge is 0.335 e. The third-order valence-corrected chi connectivity index (χ3v) is 3.48. The lowest BCUT2D eigenvalue weighted by molar-refractivity contribution is 0.0696. The fourth-order valence-corrected chi connectivity index (χ4v) is 2.29. The van der Waals surface area contributed by atoms with Gasteiger partial charge in [0.1, 0.15) is 5.75 Å². The second-order valence-electron chi connectivity index (χ2n) is 5.71. The van der Waals surface area contributed by atoms with Gasteiger partial charge >= 0.3 is 5.97 Å². The van der Waals surface area contributed by atoms with Crippen molar-refractivity contribution < 1.29 is 28.9 Å². The molecular weight excluding hydrogens is 338 g/mol. The number of carbonyl (C=O) groups excluding carboxylic acids is 1. The molecule has 0 saturated carbocycles. The lowest BCUT2D eigenvalue weighted by Crippen LogP contribution is -2.15. The van der Waals surface area contributed by atoms with Crippen LogP contribution in [0.3, 0.4) is 0 Å². The number of methoxy groups -OCH3 is 2. The molecule has 0 saturated heterocycles. The first kappa shape index (κ1) is 19.1. The summed E-state index contributed by atoms with van der Waals surface area (Å²) in [6.07, 6.45) is -0.137. The van der Waals surface area contributed by atoms with Gasteiger partial charge in [0, 0.05) is 5.56 Å². The van der Waals surface area contributed by atoms with E-state index >= 15 is 0 Å². The molecule has 2 rings (SSSR count). The molecule has 0 fully saturated rings. The molecule has 0 spiro atoms. The fourth-order valence-electron chi connectivity index (χ4n) is 2.29. The molecule has 7 heteroatoms. The quantitative estimate of drug-likeness (QED) is 0.786. The Balaban J connectivity index is 2.35. The highest BCUT2D eigenvalue weighted by Crippen LogP contribution is 2.30. The molecule has 0 heterocycles. The van der Waals surface area contributed by atoms with Gasteiger partial charge in [-0.1, -0.05) is 0 Å². The molecule has 0 radical (unpaired) electrons. The van der Waals surface area contributed by atoms with Crippen molar-refractivity contribution in [2.75, 3.05) is 19.5 Å². The Bertz CT molecular complexity index is 816. The van der Waals surface area contributed by atoms with E-state index in [0.29, 0.717) is 22.8 Å². The molecule has 0 aromatic heterocycles. The van der Waals surface area contributed by atoms with Crippen LogP contribution in [0.25, 0.3) is 0 Å². The van der Waals surface area contributed by atoms with Crippen LogP contribution in [-0.4, -0.2) is 37.3 Å². The van der Waals surface area contributed by atoms with Crippen LogP contribution in [0.4, 0.5) is 5.69 Å². The van der Waals surface area contributed by atoms with Gasteiger partial charge in [-0.25, -0.2) is 4.79 Å². The molecule has 1 amide bonds. The monoisotopic (exact) mass is 359 g/mol. The van der Waals surface area contributed by atoms with Gasteiger partial charge in [-0.05, 0) is 50.2 Å². The van der Waals surface area contributed by atoms with E-state index in [9.17, 15) is 14.7 Å². The predicted octanol–water partition coefficient (Wildman–Crippen LogP) is 3.44. The third-order valence-electron chi connectivity index (χ3n) is 3.48. The number of amides is 1. The number of carboxylic acid groups (broad SMARTS) is 1. The molecule has 0 aliphatic rings. The van der Waals surface area contributed by atoms with Gasteiger partial charge in [0.15, 0.2) is 11.5 Å². The van der Waals surface area contributed by atoms with Crippen molar-refractivity contribution in [2.24, 2.45) is 0 Å². The number of anilines is 1. The van der Waals surface area contributed by atoms with Gasteiger partial charge in [0.2, 0.25) is 0 Å². The Kier molecular flexibility index (Phi) is 6.06. The number of hydrogen-bond donors (Lipinski definition) is 2. The van der Waals surface area contributed by atoms with E-state index in [4.69, 9.17) is 14.2 Å². The Labute approximate surface area is 151 Å². The number of hydrogen-bond acceptors (Lipinski definition) is 5. The van der Waals surface area contributed by atoms with Crippen LogP contribution in [0.5, 0.6) is 17.2 Å². The van der Waals surface area contributed by atoms with Gasteiger partial charge < -0.3 is 24.6 Å². The van der Waals surface area contributed by atoms with Gasteiger partial charge in [0.25, 0.3) is 5.91 Å².